The number of aliphatic carboxylic acids is 1. The van der Waals surface area contributed by atoms with Crippen LogP contribution in [0.25, 0.3) is 0 Å². The molecule has 142 valence electrons. The van der Waals surface area contributed by atoms with Gasteiger partial charge in [-0.15, -0.1) is 0 Å². The number of nitrogens with zero attached hydrogens (tertiary/aromatic N) is 2. The maximum atomic E-state index is 12.9. The zero-order valence-electron chi connectivity index (χ0n) is 16.1. The number of hydrogen-bond acceptors (Lipinski definition) is 3. The average molecular weight is 358 g/mol. The van der Waals surface area contributed by atoms with Gasteiger partial charge in [0.25, 0.3) is 0 Å². The van der Waals surface area contributed by atoms with Crippen molar-refractivity contribution in [3.8, 4) is 0 Å². The number of amides is 1. The molecule has 2 aliphatic rings. The highest BCUT2D eigenvalue weighted by molar-refractivity contribution is 5.81. The number of carbonyl (C=O) groups is 2. The Hall–Kier alpha value is -1.88. The number of carboxylic acids is 1. The molecule has 1 aromatic carbocycles. The molecule has 1 N–H and O–H groups in total. The van der Waals surface area contributed by atoms with Crippen molar-refractivity contribution in [3.05, 3.63) is 35.4 Å². The first-order chi connectivity index (χ1) is 12.3. The SMILES string of the molecule is CC(C)(C)c1ccc(C2CCCN2C(=O)CN2CCC[C@H]2C(=O)O)cc1. The predicted octanol–water partition coefficient (Wildman–Crippen LogP) is 3.20. The molecular weight excluding hydrogens is 328 g/mol. The van der Waals surface area contributed by atoms with E-state index in [1.807, 2.05) is 9.80 Å². The second kappa shape index (κ2) is 7.39. The van der Waals surface area contributed by atoms with Gasteiger partial charge in [0.05, 0.1) is 12.6 Å². The lowest BCUT2D eigenvalue weighted by Gasteiger charge is -2.29. The summed E-state index contributed by atoms with van der Waals surface area (Å²) in [5.74, 6) is -0.758. The van der Waals surface area contributed by atoms with Crippen LogP contribution in [-0.4, -0.2) is 52.5 Å². The predicted molar refractivity (Wildman–Crippen MR) is 101 cm³/mol. The molecule has 1 unspecified atom stereocenters. The van der Waals surface area contributed by atoms with Gasteiger partial charge in [0.1, 0.15) is 6.04 Å². The van der Waals surface area contributed by atoms with E-state index in [0.717, 1.165) is 25.8 Å². The van der Waals surface area contributed by atoms with Crippen LogP contribution in [0.3, 0.4) is 0 Å². The zero-order valence-corrected chi connectivity index (χ0v) is 16.1. The molecule has 26 heavy (non-hydrogen) atoms. The molecule has 5 nitrogen and oxygen atoms in total. The molecule has 1 amide bonds. The first-order valence-corrected chi connectivity index (χ1v) is 9.64. The van der Waals surface area contributed by atoms with Crippen molar-refractivity contribution in [1.82, 2.24) is 9.80 Å². The second-order valence-corrected chi connectivity index (χ2v) is 8.58. The van der Waals surface area contributed by atoms with Crippen molar-refractivity contribution in [3.63, 3.8) is 0 Å². The Morgan fingerprint density at radius 2 is 1.73 bits per heavy atom. The topological polar surface area (TPSA) is 60.9 Å². The van der Waals surface area contributed by atoms with Crippen LogP contribution < -0.4 is 0 Å². The van der Waals surface area contributed by atoms with Gasteiger partial charge in [0, 0.05) is 6.54 Å². The van der Waals surface area contributed by atoms with Gasteiger partial charge in [0.2, 0.25) is 5.91 Å². The standard InChI is InChI=1S/C21H30N2O3/c1-21(2,3)16-10-8-15(9-11-16)17-6-5-13-23(17)19(24)14-22-12-4-7-18(22)20(25)26/h8-11,17-18H,4-7,12-14H2,1-3H3,(H,25,26)/t17?,18-/m0/s1. The molecule has 2 aliphatic heterocycles. The largest absolute Gasteiger partial charge is 0.480 e. The summed E-state index contributed by atoms with van der Waals surface area (Å²) in [4.78, 5) is 28.0. The average Bonchev–Trinajstić information content (AvgIpc) is 3.23. The summed E-state index contributed by atoms with van der Waals surface area (Å²) in [6, 6.07) is 8.22. The van der Waals surface area contributed by atoms with E-state index in [4.69, 9.17) is 0 Å². The minimum atomic E-state index is -0.814. The van der Waals surface area contributed by atoms with Crippen LogP contribution in [0.2, 0.25) is 0 Å². The second-order valence-electron chi connectivity index (χ2n) is 8.58. The minimum absolute atomic E-state index is 0.0561. The number of carboxylic acid groups (broad SMARTS) is 1. The van der Waals surface area contributed by atoms with Crippen LogP contribution in [0.15, 0.2) is 24.3 Å². The normalized spacial score (nSPS) is 24.2. The molecular formula is C21H30N2O3. The lowest BCUT2D eigenvalue weighted by Crippen LogP contribution is -2.44. The highest BCUT2D eigenvalue weighted by atomic mass is 16.4. The lowest BCUT2D eigenvalue weighted by molar-refractivity contribution is -0.143. The molecule has 0 saturated carbocycles. The summed E-state index contributed by atoms with van der Waals surface area (Å²) < 4.78 is 0. The molecule has 0 spiro atoms. The van der Waals surface area contributed by atoms with Gasteiger partial charge in [-0.25, -0.2) is 0 Å². The fraction of sp³-hybridized carbons (Fsp3) is 0.619. The van der Waals surface area contributed by atoms with Gasteiger partial charge in [-0.1, -0.05) is 45.0 Å². The monoisotopic (exact) mass is 358 g/mol. The van der Waals surface area contributed by atoms with Gasteiger partial charge >= 0.3 is 5.97 Å². The van der Waals surface area contributed by atoms with E-state index < -0.39 is 12.0 Å². The summed E-state index contributed by atoms with van der Waals surface area (Å²) >= 11 is 0. The molecule has 2 saturated heterocycles. The summed E-state index contributed by atoms with van der Waals surface area (Å²) in [6.07, 6.45) is 3.46. The van der Waals surface area contributed by atoms with Gasteiger partial charge in [-0.05, 0) is 48.8 Å². The van der Waals surface area contributed by atoms with Crippen LogP contribution in [0.4, 0.5) is 0 Å². The number of benzene rings is 1. The zero-order chi connectivity index (χ0) is 18.9. The summed E-state index contributed by atoms with van der Waals surface area (Å²) in [7, 11) is 0. The van der Waals surface area contributed by atoms with E-state index in [-0.39, 0.29) is 23.9 Å². The summed E-state index contributed by atoms with van der Waals surface area (Å²) in [5.41, 5.74) is 2.59. The maximum absolute atomic E-state index is 12.9. The van der Waals surface area contributed by atoms with Crippen molar-refractivity contribution in [2.45, 2.75) is 64.0 Å². The highest BCUT2D eigenvalue weighted by Gasteiger charge is 2.35. The fourth-order valence-corrected chi connectivity index (χ4v) is 4.18. The quantitative estimate of drug-likeness (QED) is 0.898. The van der Waals surface area contributed by atoms with Crippen molar-refractivity contribution >= 4 is 11.9 Å². The molecule has 3 rings (SSSR count). The Bertz CT molecular complexity index is 663. The van der Waals surface area contributed by atoms with Gasteiger partial charge < -0.3 is 10.0 Å². The summed E-state index contributed by atoms with van der Waals surface area (Å²) in [5, 5.41) is 9.32. The van der Waals surface area contributed by atoms with E-state index in [2.05, 4.69) is 45.0 Å². The van der Waals surface area contributed by atoms with Crippen molar-refractivity contribution in [2.24, 2.45) is 0 Å². The van der Waals surface area contributed by atoms with Crippen molar-refractivity contribution < 1.29 is 14.7 Å². The Morgan fingerprint density at radius 1 is 1.08 bits per heavy atom. The molecule has 0 aromatic heterocycles. The van der Waals surface area contributed by atoms with Crippen LogP contribution >= 0.6 is 0 Å². The first-order valence-electron chi connectivity index (χ1n) is 9.64. The van der Waals surface area contributed by atoms with Gasteiger partial charge in [0.15, 0.2) is 0 Å². The van der Waals surface area contributed by atoms with E-state index in [1.165, 1.54) is 11.1 Å². The third-order valence-electron chi connectivity index (χ3n) is 5.72. The molecule has 0 radical (unpaired) electrons. The lowest BCUT2D eigenvalue weighted by atomic mass is 9.86. The van der Waals surface area contributed by atoms with Crippen LogP contribution in [0.5, 0.6) is 0 Å². The Balaban J connectivity index is 1.69. The molecule has 5 heteroatoms. The van der Waals surface area contributed by atoms with E-state index >= 15 is 0 Å². The van der Waals surface area contributed by atoms with Crippen molar-refractivity contribution in [1.29, 1.82) is 0 Å². The van der Waals surface area contributed by atoms with E-state index in [1.54, 1.807) is 0 Å². The minimum Gasteiger partial charge on any atom is -0.480 e. The van der Waals surface area contributed by atoms with Crippen LogP contribution in [0.1, 0.15) is 63.6 Å². The van der Waals surface area contributed by atoms with Gasteiger partial charge in [-0.2, -0.15) is 0 Å². The van der Waals surface area contributed by atoms with E-state index in [9.17, 15) is 14.7 Å². The Kier molecular flexibility index (Phi) is 5.37. The number of rotatable bonds is 4. The number of carbonyl (C=O) groups excluding carboxylic acids is 1. The Labute approximate surface area is 156 Å². The molecule has 2 fully saturated rings. The first kappa shape index (κ1) is 18.9. The maximum Gasteiger partial charge on any atom is 0.320 e. The van der Waals surface area contributed by atoms with Crippen LogP contribution in [-0.2, 0) is 15.0 Å². The molecule has 0 aliphatic carbocycles. The molecule has 2 atom stereocenters. The smallest absolute Gasteiger partial charge is 0.320 e. The van der Waals surface area contributed by atoms with Gasteiger partial charge in [-0.3, -0.25) is 14.5 Å². The third kappa shape index (κ3) is 3.93. The molecule has 1 aromatic rings. The third-order valence-corrected chi connectivity index (χ3v) is 5.72. The molecule has 0 bridgehead atoms. The highest BCUT2D eigenvalue weighted by Crippen LogP contribution is 2.33. The van der Waals surface area contributed by atoms with E-state index in [0.29, 0.717) is 13.0 Å². The Morgan fingerprint density at radius 3 is 2.35 bits per heavy atom. The fourth-order valence-electron chi connectivity index (χ4n) is 4.18. The molecule has 2 heterocycles. The summed E-state index contributed by atoms with van der Waals surface area (Å²) in [6.45, 7) is 8.26. The number of likely N-dealkylation sites (tertiary alicyclic amines) is 2. The van der Waals surface area contributed by atoms with Crippen molar-refractivity contribution in [2.75, 3.05) is 19.6 Å². The van der Waals surface area contributed by atoms with Crippen LogP contribution in [0, 0.1) is 0 Å². The number of hydrogen-bond donors (Lipinski definition) is 1.